The van der Waals surface area contributed by atoms with E-state index in [1.165, 1.54) is 11.6 Å². The highest BCUT2D eigenvalue weighted by molar-refractivity contribution is 5.94. The van der Waals surface area contributed by atoms with Gasteiger partial charge in [-0.05, 0) is 53.9 Å². The smallest absolute Gasteiger partial charge is 0.335 e. The second-order valence-electron chi connectivity index (χ2n) is 6.31. The molecule has 3 aromatic rings. The molecule has 5 heteroatoms. The van der Waals surface area contributed by atoms with Crippen LogP contribution in [0.2, 0.25) is 0 Å². The van der Waals surface area contributed by atoms with Crippen LogP contribution in [0.4, 0.5) is 0 Å². The van der Waals surface area contributed by atoms with Gasteiger partial charge in [0.1, 0.15) is 12.4 Å². The molecule has 3 aromatic carbocycles. The molecule has 1 amide bonds. The van der Waals surface area contributed by atoms with Gasteiger partial charge in [-0.2, -0.15) is 0 Å². The van der Waals surface area contributed by atoms with Gasteiger partial charge in [-0.3, -0.25) is 4.79 Å². The first-order valence-corrected chi connectivity index (χ1v) is 8.99. The molecular weight excluding hydrogens is 354 g/mol. The Bertz CT molecular complexity index is 936. The SMILES string of the molecule is O=C(O)c1cccc(COc2ccc(C(=O)NCCc3ccccc3)cc2)c1. The van der Waals surface area contributed by atoms with Crippen LogP contribution in [0.1, 0.15) is 31.8 Å². The molecule has 0 radical (unpaired) electrons. The van der Waals surface area contributed by atoms with Crippen LogP contribution in [0.3, 0.4) is 0 Å². The monoisotopic (exact) mass is 375 g/mol. The summed E-state index contributed by atoms with van der Waals surface area (Å²) in [6.07, 6.45) is 0.781. The third-order valence-corrected chi connectivity index (χ3v) is 4.24. The zero-order valence-electron chi connectivity index (χ0n) is 15.3. The number of aromatic carboxylic acids is 1. The molecule has 0 aliphatic rings. The number of carbonyl (C=O) groups excluding carboxylic acids is 1. The zero-order chi connectivity index (χ0) is 19.8. The molecule has 0 aliphatic heterocycles. The molecule has 0 aromatic heterocycles. The molecule has 0 saturated carbocycles. The molecule has 0 aliphatic carbocycles. The molecule has 0 bridgehead atoms. The van der Waals surface area contributed by atoms with Gasteiger partial charge >= 0.3 is 5.97 Å². The van der Waals surface area contributed by atoms with Crippen LogP contribution in [0.15, 0.2) is 78.9 Å². The van der Waals surface area contributed by atoms with Crippen molar-refractivity contribution in [2.24, 2.45) is 0 Å². The fourth-order valence-corrected chi connectivity index (χ4v) is 2.73. The number of rotatable bonds is 8. The van der Waals surface area contributed by atoms with Gasteiger partial charge in [0.05, 0.1) is 5.56 Å². The number of nitrogens with one attached hydrogen (secondary N) is 1. The molecule has 0 unspecified atom stereocenters. The molecule has 3 rings (SSSR count). The Hall–Kier alpha value is -3.60. The maximum absolute atomic E-state index is 12.2. The van der Waals surface area contributed by atoms with Crippen LogP contribution < -0.4 is 10.1 Å². The van der Waals surface area contributed by atoms with Gasteiger partial charge in [-0.15, -0.1) is 0 Å². The average Bonchev–Trinajstić information content (AvgIpc) is 2.73. The van der Waals surface area contributed by atoms with Crippen molar-refractivity contribution in [2.75, 3.05) is 6.54 Å². The third kappa shape index (κ3) is 5.45. The molecule has 28 heavy (non-hydrogen) atoms. The van der Waals surface area contributed by atoms with Crippen LogP contribution in [-0.2, 0) is 13.0 Å². The van der Waals surface area contributed by atoms with Gasteiger partial charge in [0.15, 0.2) is 0 Å². The second kappa shape index (κ2) is 9.37. The molecule has 0 heterocycles. The highest BCUT2D eigenvalue weighted by Crippen LogP contribution is 2.15. The summed E-state index contributed by atoms with van der Waals surface area (Å²) in [5.41, 5.74) is 2.73. The predicted molar refractivity (Wildman–Crippen MR) is 107 cm³/mol. The van der Waals surface area contributed by atoms with Gasteiger partial charge in [0.25, 0.3) is 5.91 Å². The van der Waals surface area contributed by atoms with Gasteiger partial charge in [-0.1, -0.05) is 42.5 Å². The van der Waals surface area contributed by atoms with E-state index in [9.17, 15) is 9.59 Å². The Morgan fingerprint density at radius 1 is 0.821 bits per heavy atom. The molecule has 5 nitrogen and oxygen atoms in total. The Balaban J connectivity index is 1.49. The van der Waals surface area contributed by atoms with Crippen molar-refractivity contribution in [3.8, 4) is 5.75 Å². The summed E-state index contributed by atoms with van der Waals surface area (Å²) in [5, 5.41) is 11.9. The number of carboxylic acid groups (broad SMARTS) is 1. The first-order chi connectivity index (χ1) is 13.6. The van der Waals surface area contributed by atoms with Crippen molar-refractivity contribution in [1.82, 2.24) is 5.32 Å². The molecule has 2 N–H and O–H groups in total. The van der Waals surface area contributed by atoms with Crippen molar-refractivity contribution >= 4 is 11.9 Å². The summed E-state index contributed by atoms with van der Waals surface area (Å²) in [7, 11) is 0. The highest BCUT2D eigenvalue weighted by atomic mass is 16.5. The summed E-state index contributed by atoms with van der Waals surface area (Å²) in [5.74, 6) is -0.484. The Morgan fingerprint density at radius 3 is 2.25 bits per heavy atom. The maximum atomic E-state index is 12.2. The summed E-state index contributed by atoms with van der Waals surface area (Å²) in [4.78, 5) is 23.2. The molecule has 0 spiro atoms. The van der Waals surface area contributed by atoms with E-state index >= 15 is 0 Å². The Kier molecular flexibility index (Phi) is 6.41. The normalized spacial score (nSPS) is 10.3. The lowest BCUT2D eigenvalue weighted by molar-refractivity contribution is 0.0696. The van der Waals surface area contributed by atoms with Gasteiger partial charge < -0.3 is 15.2 Å². The van der Waals surface area contributed by atoms with Crippen molar-refractivity contribution in [3.63, 3.8) is 0 Å². The first kappa shape index (κ1) is 19.2. The summed E-state index contributed by atoms with van der Waals surface area (Å²) >= 11 is 0. The standard InChI is InChI=1S/C23H21NO4/c25-22(24-14-13-17-5-2-1-3-6-17)19-9-11-21(12-10-19)28-16-18-7-4-8-20(15-18)23(26)27/h1-12,15H,13-14,16H2,(H,24,25)(H,26,27). The maximum Gasteiger partial charge on any atom is 0.335 e. The Morgan fingerprint density at radius 2 is 1.54 bits per heavy atom. The quantitative estimate of drug-likeness (QED) is 0.625. The number of carboxylic acids is 1. The van der Waals surface area contributed by atoms with Gasteiger partial charge in [0.2, 0.25) is 0 Å². The topological polar surface area (TPSA) is 75.6 Å². The number of amides is 1. The fraction of sp³-hybridized carbons (Fsp3) is 0.130. The van der Waals surface area contributed by atoms with Crippen molar-refractivity contribution in [1.29, 1.82) is 0 Å². The van der Waals surface area contributed by atoms with E-state index in [4.69, 9.17) is 9.84 Å². The first-order valence-electron chi connectivity index (χ1n) is 8.99. The summed E-state index contributed by atoms with van der Waals surface area (Å²) in [6.45, 7) is 0.824. The van der Waals surface area contributed by atoms with Crippen LogP contribution in [0, 0.1) is 0 Å². The fourth-order valence-electron chi connectivity index (χ4n) is 2.73. The zero-order valence-corrected chi connectivity index (χ0v) is 15.3. The Labute approximate surface area is 163 Å². The van der Waals surface area contributed by atoms with Gasteiger partial charge in [-0.25, -0.2) is 4.79 Å². The lowest BCUT2D eigenvalue weighted by Gasteiger charge is -2.09. The number of hydrogen-bond acceptors (Lipinski definition) is 3. The second-order valence-corrected chi connectivity index (χ2v) is 6.31. The minimum atomic E-state index is -0.968. The average molecular weight is 375 g/mol. The number of benzene rings is 3. The van der Waals surface area contributed by atoms with E-state index < -0.39 is 5.97 Å². The number of carbonyl (C=O) groups is 2. The highest BCUT2D eigenvalue weighted by Gasteiger charge is 2.06. The van der Waals surface area contributed by atoms with E-state index in [-0.39, 0.29) is 18.1 Å². The van der Waals surface area contributed by atoms with Crippen molar-refractivity contribution < 1.29 is 19.4 Å². The molecule has 142 valence electrons. The van der Waals surface area contributed by atoms with Crippen LogP contribution in [0.25, 0.3) is 0 Å². The predicted octanol–water partition coefficient (Wildman–Crippen LogP) is 3.94. The van der Waals surface area contributed by atoms with Crippen molar-refractivity contribution in [3.05, 3.63) is 101 Å². The lowest BCUT2D eigenvalue weighted by atomic mass is 10.1. The van der Waals surface area contributed by atoms with Crippen LogP contribution >= 0.6 is 0 Å². The van der Waals surface area contributed by atoms with Crippen LogP contribution in [0.5, 0.6) is 5.75 Å². The van der Waals surface area contributed by atoms with E-state index in [0.29, 0.717) is 17.9 Å². The van der Waals surface area contributed by atoms with Crippen LogP contribution in [-0.4, -0.2) is 23.5 Å². The molecule has 0 atom stereocenters. The minimum Gasteiger partial charge on any atom is -0.489 e. The largest absolute Gasteiger partial charge is 0.489 e. The van der Waals surface area contributed by atoms with E-state index in [2.05, 4.69) is 5.32 Å². The van der Waals surface area contributed by atoms with E-state index in [1.54, 1.807) is 42.5 Å². The van der Waals surface area contributed by atoms with Crippen molar-refractivity contribution in [2.45, 2.75) is 13.0 Å². The molecule has 0 saturated heterocycles. The number of ether oxygens (including phenoxy) is 1. The lowest BCUT2D eigenvalue weighted by Crippen LogP contribution is -2.25. The van der Waals surface area contributed by atoms with E-state index in [1.807, 2.05) is 30.3 Å². The third-order valence-electron chi connectivity index (χ3n) is 4.24. The molecular formula is C23H21NO4. The minimum absolute atomic E-state index is 0.128. The summed E-state index contributed by atoms with van der Waals surface area (Å²) in [6, 6.07) is 23.5. The van der Waals surface area contributed by atoms with E-state index in [0.717, 1.165) is 12.0 Å². The molecule has 0 fully saturated rings. The number of hydrogen-bond donors (Lipinski definition) is 2. The van der Waals surface area contributed by atoms with Gasteiger partial charge in [0, 0.05) is 12.1 Å². The summed E-state index contributed by atoms with van der Waals surface area (Å²) < 4.78 is 5.68.